The minimum absolute atomic E-state index is 0.0328. The first-order valence-electron chi connectivity index (χ1n) is 14.1. The molecule has 2 atom stereocenters. The van der Waals surface area contributed by atoms with E-state index in [-0.39, 0.29) is 57.7 Å². The maximum Gasteiger partial charge on any atom is 0.311 e. The van der Waals surface area contributed by atoms with E-state index >= 15 is 0 Å². The van der Waals surface area contributed by atoms with Crippen molar-refractivity contribution in [2.75, 3.05) is 18.8 Å². The number of benzene rings is 3. The molecule has 1 fully saturated rings. The van der Waals surface area contributed by atoms with E-state index in [2.05, 4.69) is 5.32 Å². The Morgan fingerprint density at radius 1 is 1.02 bits per heavy atom. The lowest BCUT2D eigenvalue weighted by atomic mass is 9.79. The number of primary sulfonamides is 1. The lowest BCUT2D eigenvalue weighted by molar-refractivity contribution is -0.162. The number of piperidine rings is 1. The van der Waals surface area contributed by atoms with Gasteiger partial charge in [0.2, 0.25) is 10.0 Å². The highest BCUT2D eigenvalue weighted by atomic mass is 35.5. The Morgan fingerprint density at radius 2 is 1.65 bits per heavy atom. The first-order valence-corrected chi connectivity index (χ1v) is 16.0. The lowest BCUT2D eigenvalue weighted by Gasteiger charge is -2.34. The van der Waals surface area contributed by atoms with Gasteiger partial charge in [0.25, 0.3) is 0 Å². The number of ether oxygens (including phenoxy) is 2. The number of nitrogens with one attached hydrogen (secondary N) is 1. The van der Waals surface area contributed by atoms with Crippen molar-refractivity contribution in [3.63, 3.8) is 0 Å². The van der Waals surface area contributed by atoms with Crippen LogP contribution in [0.2, 0.25) is 5.02 Å². The second-order valence-corrected chi connectivity index (χ2v) is 13.6. The van der Waals surface area contributed by atoms with Gasteiger partial charge in [-0.05, 0) is 68.3 Å². The highest BCUT2D eigenvalue weighted by Gasteiger charge is 2.37. The first-order chi connectivity index (χ1) is 20.3. The van der Waals surface area contributed by atoms with Gasteiger partial charge in [-0.3, -0.25) is 9.59 Å². The fraction of sp³-hybridized carbons (Fsp3) is 0.375. The second kappa shape index (κ2) is 13.5. The fourth-order valence-corrected chi connectivity index (χ4v) is 6.97. The Hall–Kier alpha value is -3.44. The number of hydrogen-bond acceptors (Lipinski definition) is 8. The molecule has 1 heterocycles. The SMILES string of the molecule is CC(C)(C)OC(=O)C1CNCCC1Cc1c(CC(=O)OCc2ccccc2)c(N)c(-c2ccccc2)c(Cl)c1S(N)(=O)=O. The molecule has 2 unspecified atom stereocenters. The predicted molar refractivity (Wildman–Crippen MR) is 167 cm³/mol. The lowest BCUT2D eigenvalue weighted by Crippen LogP contribution is -2.44. The second-order valence-electron chi connectivity index (χ2n) is 11.7. The number of esters is 2. The van der Waals surface area contributed by atoms with Gasteiger partial charge in [-0.25, -0.2) is 13.6 Å². The van der Waals surface area contributed by atoms with Crippen molar-refractivity contribution in [2.24, 2.45) is 17.0 Å². The van der Waals surface area contributed by atoms with Gasteiger partial charge in [-0.2, -0.15) is 0 Å². The summed E-state index contributed by atoms with van der Waals surface area (Å²) in [4.78, 5) is 26.1. The van der Waals surface area contributed by atoms with E-state index < -0.39 is 33.5 Å². The van der Waals surface area contributed by atoms with E-state index in [1.165, 1.54) is 0 Å². The zero-order chi connectivity index (χ0) is 31.4. The number of sulfonamides is 1. The van der Waals surface area contributed by atoms with Gasteiger partial charge < -0.3 is 20.5 Å². The molecule has 4 rings (SSSR count). The van der Waals surface area contributed by atoms with Crippen LogP contribution in [-0.4, -0.2) is 39.0 Å². The molecular formula is C32H38ClN3O6S. The molecule has 3 aromatic carbocycles. The predicted octanol–water partition coefficient (Wildman–Crippen LogP) is 4.63. The van der Waals surface area contributed by atoms with Crippen molar-refractivity contribution in [3.05, 3.63) is 82.4 Å². The van der Waals surface area contributed by atoms with Crippen LogP contribution in [0.1, 0.15) is 43.9 Å². The summed E-state index contributed by atoms with van der Waals surface area (Å²) >= 11 is 6.83. The Balaban J connectivity index is 1.83. The molecule has 0 spiro atoms. The Kier molecular flexibility index (Phi) is 10.2. The van der Waals surface area contributed by atoms with E-state index in [0.29, 0.717) is 25.1 Å². The summed E-state index contributed by atoms with van der Waals surface area (Å²) in [6.07, 6.45) is 0.303. The van der Waals surface area contributed by atoms with Crippen molar-refractivity contribution in [3.8, 4) is 11.1 Å². The highest BCUT2D eigenvalue weighted by molar-refractivity contribution is 7.89. The summed E-state index contributed by atoms with van der Waals surface area (Å²) in [6.45, 7) is 6.36. The van der Waals surface area contributed by atoms with Gasteiger partial charge >= 0.3 is 11.9 Å². The van der Waals surface area contributed by atoms with Crippen LogP contribution < -0.4 is 16.2 Å². The molecule has 0 amide bonds. The monoisotopic (exact) mass is 627 g/mol. The van der Waals surface area contributed by atoms with Gasteiger partial charge in [0.05, 0.1) is 17.4 Å². The summed E-state index contributed by atoms with van der Waals surface area (Å²) in [7, 11) is -4.41. The van der Waals surface area contributed by atoms with E-state index in [0.717, 1.165) is 5.56 Å². The molecule has 0 radical (unpaired) electrons. The van der Waals surface area contributed by atoms with E-state index in [1.54, 1.807) is 51.1 Å². The maximum absolute atomic E-state index is 13.2. The zero-order valence-corrected chi connectivity index (χ0v) is 26.1. The molecule has 9 nitrogen and oxygen atoms in total. The van der Waals surface area contributed by atoms with Crippen LogP contribution in [0.4, 0.5) is 5.69 Å². The molecular weight excluding hydrogens is 590 g/mol. The minimum Gasteiger partial charge on any atom is -0.461 e. The topological polar surface area (TPSA) is 151 Å². The van der Waals surface area contributed by atoms with Crippen molar-refractivity contribution in [1.29, 1.82) is 0 Å². The van der Waals surface area contributed by atoms with Crippen molar-refractivity contribution in [1.82, 2.24) is 5.32 Å². The average molecular weight is 628 g/mol. The molecule has 43 heavy (non-hydrogen) atoms. The van der Waals surface area contributed by atoms with Gasteiger partial charge in [0, 0.05) is 17.8 Å². The standard InChI is InChI=1S/C32H38ClN3O6S/c1-32(2,3)42-31(38)25-18-36-15-14-22(25)16-24-23(17-26(37)41-19-20-10-6-4-7-11-20)29(34)27(21-12-8-5-9-13-21)28(33)30(24)43(35,39)40/h4-13,22,25,36H,14-19,34H2,1-3H3,(H2,35,39,40). The molecule has 1 aliphatic heterocycles. The Labute approximate surface area is 257 Å². The summed E-state index contributed by atoms with van der Waals surface area (Å²) in [5.74, 6) is -1.92. The molecule has 230 valence electrons. The fourth-order valence-electron chi connectivity index (χ4n) is 5.42. The summed E-state index contributed by atoms with van der Waals surface area (Å²) < 4.78 is 37.6. The van der Waals surface area contributed by atoms with Crippen LogP contribution in [-0.2, 0) is 48.5 Å². The molecule has 0 aromatic heterocycles. The van der Waals surface area contributed by atoms with Crippen LogP contribution in [0.15, 0.2) is 65.6 Å². The number of rotatable bonds is 9. The number of carbonyl (C=O) groups excluding carboxylic acids is 2. The third-order valence-corrected chi connectivity index (χ3v) is 8.87. The normalized spacial score (nSPS) is 17.3. The number of nitrogens with two attached hydrogens (primary N) is 2. The number of carbonyl (C=O) groups is 2. The van der Waals surface area contributed by atoms with Crippen LogP contribution in [0.5, 0.6) is 0 Å². The number of anilines is 1. The van der Waals surface area contributed by atoms with Gasteiger partial charge in [-0.1, -0.05) is 72.3 Å². The molecule has 0 bridgehead atoms. The van der Waals surface area contributed by atoms with Crippen molar-refractivity contribution in [2.45, 2.75) is 57.1 Å². The summed E-state index contributed by atoms with van der Waals surface area (Å²) in [5.41, 5.74) is 8.27. The molecule has 0 saturated carbocycles. The molecule has 5 N–H and O–H groups in total. The van der Waals surface area contributed by atoms with Gasteiger partial charge in [0.15, 0.2) is 0 Å². The van der Waals surface area contributed by atoms with Crippen molar-refractivity contribution < 1.29 is 27.5 Å². The van der Waals surface area contributed by atoms with Gasteiger partial charge in [0.1, 0.15) is 17.1 Å². The Bertz CT molecular complexity index is 1570. The minimum atomic E-state index is -4.41. The van der Waals surface area contributed by atoms with Crippen LogP contribution in [0, 0.1) is 11.8 Å². The largest absolute Gasteiger partial charge is 0.461 e. The van der Waals surface area contributed by atoms with Crippen molar-refractivity contribution >= 4 is 39.3 Å². The summed E-state index contributed by atoms with van der Waals surface area (Å²) in [6, 6.07) is 18.0. The van der Waals surface area contributed by atoms with Crippen LogP contribution in [0.3, 0.4) is 0 Å². The van der Waals surface area contributed by atoms with Crippen LogP contribution in [0.25, 0.3) is 11.1 Å². The molecule has 11 heteroatoms. The average Bonchev–Trinajstić information content (AvgIpc) is 2.94. The van der Waals surface area contributed by atoms with Gasteiger partial charge in [-0.15, -0.1) is 0 Å². The number of hydrogen-bond donors (Lipinski definition) is 3. The molecule has 1 saturated heterocycles. The molecule has 0 aliphatic carbocycles. The third-order valence-electron chi connectivity index (χ3n) is 7.36. The van der Waals surface area contributed by atoms with E-state index in [4.69, 9.17) is 31.9 Å². The first kappa shape index (κ1) is 32.5. The maximum atomic E-state index is 13.2. The zero-order valence-electron chi connectivity index (χ0n) is 24.6. The summed E-state index contributed by atoms with van der Waals surface area (Å²) in [5, 5.41) is 8.89. The molecule has 1 aliphatic rings. The Morgan fingerprint density at radius 3 is 2.26 bits per heavy atom. The number of halogens is 1. The third kappa shape index (κ3) is 8.14. The molecule has 3 aromatic rings. The van der Waals surface area contributed by atoms with Crippen LogP contribution >= 0.6 is 11.6 Å². The van der Waals surface area contributed by atoms with E-state index in [1.807, 2.05) is 30.3 Å². The van der Waals surface area contributed by atoms with E-state index in [9.17, 15) is 18.0 Å². The quantitative estimate of drug-likeness (QED) is 0.229. The smallest absolute Gasteiger partial charge is 0.311 e. The highest BCUT2D eigenvalue weighted by Crippen LogP contribution is 2.44. The number of nitrogen functional groups attached to an aromatic ring is 1.